The molecule has 0 aromatic carbocycles. The van der Waals surface area contributed by atoms with Crippen LogP contribution in [-0.2, 0) is 28.8 Å². The third-order valence-corrected chi connectivity index (χ3v) is 4.07. The lowest BCUT2D eigenvalue weighted by Gasteiger charge is -2.23. The van der Waals surface area contributed by atoms with Gasteiger partial charge in [-0.25, -0.2) is 0 Å². The van der Waals surface area contributed by atoms with Crippen molar-refractivity contribution in [2.75, 3.05) is 13.1 Å². The average Bonchev–Trinajstić information content (AvgIpc) is 2.67. The van der Waals surface area contributed by atoms with E-state index in [1.807, 2.05) is 0 Å². The van der Waals surface area contributed by atoms with Gasteiger partial charge in [-0.3, -0.25) is 28.8 Å². The summed E-state index contributed by atoms with van der Waals surface area (Å²) in [6.07, 6.45) is 0.432. The number of amides is 5. The molecule has 14 nitrogen and oxygen atoms in total. The van der Waals surface area contributed by atoms with Gasteiger partial charge in [0.2, 0.25) is 29.5 Å². The summed E-state index contributed by atoms with van der Waals surface area (Å²) < 4.78 is 0. The first-order chi connectivity index (χ1) is 14.5. The molecule has 176 valence electrons. The maximum absolute atomic E-state index is 12.6. The van der Waals surface area contributed by atoms with Crippen LogP contribution >= 0.6 is 0 Å². The number of hydrogen-bond acceptors (Lipinski definition) is 8. The summed E-state index contributed by atoms with van der Waals surface area (Å²) in [5.74, 6) is -5.52. The fourth-order valence-corrected chi connectivity index (χ4v) is 2.44. The topological polar surface area (TPSA) is 263 Å². The van der Waals surface area contributed by atoms with E-state index in [0.717, 1.165) is 0 Å². The Bertz CT molecular complexity index is 671. The van der Waals surface area contributed by atoms with Crippen LogP contribution in [0, 0.1) is 0 Å². The monoisotopic (exact) mass is 445 g/mol. The molecule has 12 N–H and O–H groups in total. The standard InChI is InChI=1S/C17H31N7O7/c18-6-2-1-3-9(19)15(29)24-11(7-13(21)26)17(31)23-10(4-5-12(20)25)16(30)22-8-14(27)28/h9-11H,1-8,18-19H2,(H2,20,25)(H2,21,26)(H,22,30)(H,23,31)(H,24,29)(H,27,28). The van der Waals surface area contributed by atoms with E-state index >= 15 is 0 Å². The summed E-state index contributed by atoms with van der Waals surface area (Å²) in [6.45, 7) is -0.293. The van der Waals surface area contributed by atoms with Crippen molar-refractivity contribution in [3.8, 4) is 0 Å². The minimum atomic E-state index is -1.44. The first-order valence-electron chi connectivity index (χ1n) is 9.60. The van der Waals surface area contributed by atoms with Crippen molar-refractivity contribution in [3.05, 3.63) is 0 Å². The van der Waals surface area contributed by atoms with Gasteiger partial charge >= 0.3 is 5.97 Å². The summed E-state index contributed by atoms with van der Waals surface area (Å²) in [6, 6.07) is -3.74. The quantitative estimate of drug-likeness (QED) is 0.107. The van der Waals surface area contributed by atoms with Gasteiger partial charge in [-0.2, -0.15) is 0 Å². The summed E-state index contributed by atoms with van der Waals surface area (Å²) >= 11 is 0. The van der Waals surface area contributed by atoms with Gasteiger partial charge in [-0.05, 0) is 25.8 Å². The van der Waals surface area contributed by atoms with Crippen LogP contribution in [0.15, 0.2) is 0 Å². The van der Waals surface area contributed by atoms with Gasteiger partial charge in [-0.1, -0.05) is 6.42 Å². The zero-order valence-corrected chi connectivity index (χ0v) is 17.1. The zero-order chi connectivity index (χ0) is 24.0. The first kappa shape index (κ1) is 27.7. The molecular formula is C17H31N7O7. The number of carboxylic acid groups (broad SMARTS) is 1. The number of aliphatic carboxylic acids is 1. The number of rotatable bonds is 16. The lowest BCUT2D eigenvalue weighted by Crippen LogP contribution is -2.56. The van der Waals surface area contributed by atoms with Crippen LogP contribution in [0.3, 0.4) is 0 Å². The Morgan fingerprint density at radius 1 is 0.806 bits per heavy atom. The Morgan fingerprint density at radius 3 is 1.94 bits per heavy atom. The van der Waals surface area contributed by atoms with Crippen molar-refractivity contribution in [1.29, 1.82) is 0 Å². The second-order valence-electron chi connectivity index (χ2n) is 6.80. The Morgan fingerprint density at radius 2 is 1.42 bits per heavy atom. The summed E-state index contributed by atoms with van der Waals surface area (Å²) in [5, 5.41) is 15.3. The van der Waals surface area contributed by atoms with Crippen molar-refractivity contribution in [2.24, 2.45) is 22.9 Å². The lowest BCUT2D eigenvalue weighted by atomic mass is 10.1. The van der Waals surface area contributed by atoms with E-state index in [9.17, 15) is 28.8 Å². The molecule has 3 unspecified atom stereocenters. The van der Waals surface area contributed by atoms with Gasteiger partial charge in [0.15, 0.2) is 0 Å². The summed E-state index contributed by atoms with van der Waals surface area (Å²) in [5.41, 5.74) is 21.3. The predicted octanol–water partition coefficient (Wildman–Crippen LogP) is -4.25. The third-order valence-electron chi connectivity index (χ3n) is 4.07. The lowest BCUT2D eigenvalue weighted by molar-refractivity contribution is -0.139. The second kappa shape index (κ2) is 14.7. The number of carboxylic acids is 1. The van der Waals surface area contributed by atoms with Crippen LogP contribution in [0.4, 0.5) is 0 Å². The maximum Gasteiger partial charge on any atom is 0.322 e. The highest BCUT2D eigenvalue weighted by Gasteiger charge is 2.29. The third kappa shape index (κ3) is 12.8. The van der Waals surface area contributed by atoms with Gasteiger partial charge in [0, 0.05) is 6.42 Å². The van der Waals surface area contributed by atoms with Crippen LogP contribution in [0.25, 0.3) is 0 Å². The molecular weight excluding hydrogens is 414 g/mol. The maximum atomic E-state index is 12.6. The van der Waals surface area contributed by atoms with Crippen molar-refractivity contribution >= 4 is 35.5 Å². The molecule has 0 fully saturated rings. The average molecular weight is 445 g/mol. The van der Waals surface area contributed by atoms with E-state index < -0.39 is 66.6 Å². The smallest absolute Gasteiger partial charge is 0.322 e. The fourth-order valence-electron chi connectivity index (χ4n) is 2.44. The highest BCUT2D eigenvalue weighted by atomic mass is 16.4. The van der Waals surface area contributed by atoms with Gasteiger partial charge in [-0.15, -0.1) is 0 Å². The number of unbranched alkanes of at least 4 members (excludes halogenated alkanes) is 1. The predicted molar refractivity (Wildman–Crippen MR) is 108 cm³/mol. The van der Waals surface area contributed by atoms with Crippen LogP contribution in [-0.4, -0.2) is 71.8 Å². The number of hydrogen-bond donors (Lipinski definition) is 8. The molecule has 0 saturated heterocycles. The number of nitrogens with two attached hydrogens (primary N) is 4. The molecule has 0 spiro atoms. The van der Waals surface area contributed by atoms with E-state index in [4.69, 9.17) is 28.0 Å². The normalized spacial score (nSPS) is 13.4. The Hall–Kier alpha value is -3.26. The Labute approximate surface area is 178 Å². The number of carbonyl (C=O) groups excluding carboxylic acids is 5. The first-order valence-corrected chi connectivity index (χ1v) is 9.60. The van der Waals surface area contributed by atoms with Crippen LogP contribution in [0.5, 0.6) is 0 Å². The SMILES string of the molecule is NCCCCC(N)C(=O)NC(CC(N)=O)C(=O)NC(CCC(N)=O)C(=O)NCC(=O)O. The molecule has 0 aromatic heterocycles. The highest BCUT2D eigenvalue weighted by molar-refractivity contribution is 5.96. The van der Waals surface area contributed by atoms with Crippen molar-refractivity contribution in [2.45, 2.75) is 56.7 Å². The van der Waals surface area contributed by atoms with E-state index in [1.165, 1.54) is 0 Å². The minimum Gasteiger partial charge on any atom is -0.480 e. The van der Waals surface area contributed by atoms with Gasteiger partial charge in [0.1, 0.15) is 18.6 Å². The van der Waals surface area contributed by atoms with Crippen molar-refractivity contribution in [3.63, 3.8) is 0 Å². The van der Waals surface area contributed by atoms with Crippen LogP contribution in [0.2, 0.25) is 0 Å². The summed E-state index contributed by atoms with van der Waals surface area (Å²) in [4.78, 5) is 70.0. The molecule has 0 heterocycles. The molecule has 0 aromatic rings. The van der Waals surface area contributed by atoms with Crippen molar-refractivity contribution < 1.29 is 33.9 Å². The van der Waals surface area contributed by atoms with Gasteiger partial charge in [0.05, 0.1) is 12.5 Å². The largest absolute Gasteiger partial charge is 0.480 e. The van der Waals surface area contributed by atoms with E-state index in [2.05, 4.69) is 16.0 Å². The molecule has 0 radical (unpaired) electrons. The fraction of sp³-hybridized carbons (Fsp3) is 0.647. The van der Waals surface area contributed by atoms with Gasteiger partial charge in [0.25, 0.3) is 0 Å². The molecule has 0 saturated carbocycles. The minimum absolute atomic E-state index is 0.234. The molecule has 0 aliphatic rings. The van der Waals surface area contributed by atoms with Crippen molar-refractivity contribution in [1.82, 2.24) is 16.0 Å². The molecule has 5 amide bonds. The van der Waals surface area contributed by atoms with E-state index in [1.54, 1.807) is 0 Å². The molecule has 0 aliphatic heterocycles. The highest BCUT2D eigenvalue weighted by Crippen LogP contribution is 2.03. The zero-order valence-electron chi connectivity index (χ0n) is 17.1. The summed E-state index contributed by atoms with van der Waals surface area (Å²) in [7, 11) is 0. The van der Waals surface area contributed by atoms with E-state index in [-0.39, 0.29) is 12.8 Å². The number of primary amides is 2. The number of nitrogens with one attached hydrogen (secondary N) is 3. The molecule has 14 heteroatoms. The van der Waals surface area contributed by atoms with Crippen LogP contribution in [0.1, 0.15) is 38.5 Å². The molecule has 0 bridgehead atoms. The molecule has 0 aliphatic carbocycles. The molecule has 0 rings (SSSR count). The Balaban J connectivity index is 5.23. The second-order valence-corrected chi connectivity index (χ2v) is 6.80. The Kier molecular flexibility index (Phi) is 13.1. The molecule has 3 atom stereocenters. The van der Waals surface area contributed by atoms with Gasteiger partial charge < -0.3 is 44.0 Å². The van der Waals surface area contributed by atoms with E-state index in [0.29, 0.717) is 25.8 Å². The van der Waals surface area contributed by atoms with Crippen LogP contribution < -0.4 is 38.9 Å². The molecule has 31 heavy (non-hydrogen) atoms. The number of carbonyl (C=O) groups is 6.